The largest absolute Gasteiger partial charge is 0.337 e. The van der Waals surface area contributed by atoms with Crippen LogP contribution >= 0.6 is 0 Å². The van der Waals surface area contributed by atoms with Crippen molar-refractivity contribution in [3.05, 3.63) is 54.4 Å². The van der Waals surface area contributed by atoms with Crippen molar-refractivity contribution < 1.29 is 0 Å². The number of hydrogen-bond acceptors (Lipinski definition) is 5. The van der Waals surface area contributed by atoms with E-state index in [0.29, 0.717) is 11.4 Å². The van der Waals surface area contributed by atoms with E-state index in [1.807, 2.05) is 30.3 Å². The first-order valence-corrected chi connectivity index (χ1v) is 5.71. The van der Waals surface area contributed by atoms with Crippen LogP contribution in [-0.2, 0) is 0 Å². The molecule has 5 heteroatoms. The predicted octanol–water partition coefficient (Wildman–Crippen LogP) is 2.64. The van der Waals surface area contributed by atoms with Crippen LogP contribution in [0.5, 0.6) is 0 Å². The average molecular weight is 247 g/mol. The zero-order valence-electron chi connectivity index (χ0n) is 9.91. The molecule has 0 saturated carbocycles. The molecule has 1 aromatic carbocycles. The predicted molar refractivity (Wildman–Crippen MR) is 71.8 cm³/mol. The lowest BCUT2D eigenvalue weighted by Crippen LogP contribution is -1.99. The van der Waals surface area contributed by atoms with Crippen molar-refractivity contribution >= 4 is 22.4 Å². The highest BCUT2D eigenvalue weighted by Crippen LogP contribution is 2.25. The molecule has 3 aromatic rings. The summed E-state index contributed by atoms with van der Waals surface area (Å²) in [6.45, 7) is 0. The highest BCUT2D eigenvalue weighted by atomic mass is 15.2. The number of aromatic nitrogens is 3. The number of benzene rings is 1. The van der Waals surface area contributed by atoms with Gasteiger partial charge in [-0.05, 0) is 30.3 Å². The molecule has 1 N–H and O–H groups in total. The number of pyridine rings is 1. The summed E-state index contributed by atoms with van der Waals surface area (Å²) >= 11 is 0. The summed E-state index contributed by atoms with van der Waals surface area (Å²) in [5.74, 6) is 0.446. The van der Waals surface area contributed by atoms with Gasteiger partial charge in [-0.1, -0.05) is 6.07 Å². The van der Waals surface area contributed by atoms with E-state index in [2.05, 4.69) is 26.6 Å². The molecule has 0 atom stereocenters. The Morgan fingerprint density at radius 2 is 2.00 bits per heavy atom. The SMILES string of the molecule is N#Cc1ccnnc1Nc1cccc2ncccc12. The van der Waals surface area contributed by atoms with Crippen molar-refractivity contribution in [2.75, 3.05) is 5.32 Å². The summed E-state index contributed by atoms with van der Waals surface area (Å²) in [7, 11) is 0. The van der Waals surface area contributed by atoms with E-state index in [1.165, 1.54) is 6.20 Å². The van der Waals surface area contributed by atoms with E-state index in [9.17, 15) is 0 Å². The zero-order valence-corrected chi connectivity index (χ0v) is 9.91. The second-order valence-electron chi connectivity index (χ2n) is 3.91. The highest BCUT2D eigenvalue weighted by molar-refractivity contribution is 5.92. The Bertz CT molecular complexity index is 771. The number of hydrogen-bond donors (Lipinski definition) is 1. The summed E-state index contributed by atoms with van der Waals surface area (Å²) in [4.78, 5) is 4.29. The average Bonchev–Trinajstić information content (AvgIpc) is 2.48. The zero-order chi connectivity index (χ0) is 13.1. The van der Waals surface area contributed by atoms with Gasteiger partial charge in [0.05, 0.1) is 17.3 Å². The monoisotopic (exact) mass is 247 g/mol. The van der Waals surface area contributed by atoms with Crippen LogP contribution in [0.15, 0.2) is 48.8 Å². The standard InChI is InChI=1S/C14H9N5/c15-9-10-6-8-17-19-14(10)18-13-5-1-4-12-11(13)3-2-7-16-12/h1-8H,(H,18,19). The van der Waals surface area contributed by atoms with Crippen molar-refractivity contribution in [2.45, 2.75) is 0 Å². The fraction of sp³-hybridized carbons (Fsp3) is 0. The molecule has 0 saturated heterocycles. The molecule has 90 valence electrons. The van der Waals surface area contributed by atoms with Gasteiger partial charge in [0.25, 0.3) is 0 Å². The molecular weight excluding hydrogens is 238 g/mol. The molecule has 0 bridgehead atoms. The van der Waals surface area contributed by atoms with Gasteiger partial charge in [-0.2, -0.15) is 10.4 Å². The van der Waals surface area contributed by atoms with E-state index in [0.717, 1.165) is 16.6 Å². The van der Waals surface area contributed by atoms with Crippen molar-refractivity contribution in [3.8, 4) is 6.07 Å². The molecule has 19 heavy (non-hydrogen) atoms. The normalized spacial score (nSPS) is 10.1. The summed E-state index contributed by atoms with van der Waals surface area (Å²) in [5, 5.41) is 20.9. The van der Waals surface area contributed by atoms with E-state index >= 15 is 0 Å². The van der Waals surface area contributed by atoms with E-state index in [-0.39, 0.29) is 0 Å². The number of nitrogens with one attached hydrogen (secondary N) is 1. The van der Waals surface area contributed by atoms with Gasteiger partial charge in [-0.25, -0.2) is 0 Å². The van der Waals surface area contributed by atoms with Gasteiger partial charge < -0.3 is 5.32 Å². The van der Waals surface area contributed by atoms with Crippen LogP contribution in [0.25, 0.3) is 10.9 Å². The molecular formula is C14H9N5. The lowest BCUT2D eigenvalue weighted by molar-refractivity contribution is 1.03. The summed E-state index contributed by atoms with van der Waals surface area (Å²) in [6.07, 6.45) is 3.24. The van der Waals surface area contributed by atoms with Gasteiger partial charge >= 0.3 is 0 Å². The molecule has 2 aromatic heterocycles. The lowest BCUT2D eigenvalue weighted by Gasteiger charge is -2.08. The van der Waals surface area contributed by atoms with Crippen molar-refractivity contribution in [2.24, 2.45) is 0 Å². The second kappa shape index (κ2) is 4.70. The highest BCUT2D eigenvalue weighted by Gasteiger charge is 2.06. The third kappa shape index (κ3) is 2.07. The Kier molecular flexibility index (Phi) is 2.75. The van der Waals surface area contributed by atoms with Gasteiger partial charge in [0.1, 0.15) is 6.07 Å². The minimum atomic E-state index is 0.446. The molecule has 0 fully saturated rings. The first-order valence-electron chi connectivity index (χ1n) is 5.71. The maximum absolute atomic E-state index is 9.04. The van der Waals surface area contributed by atoms with Crippen LogP contribution in [-0.4, -0.2) is 15.2 Å². The van der Waals surface area contributed by atoms with E-state index in [4.69, 9.17) is 5.26 Å². The summed E-state index contributed by atoms with van der Waals surface area (Å²) in [6, 6.07) is 13.3. The molecule has 0 radical (unpaired) electrons. The Morgan fingerprint density at radius 1 is 1.05 bits per heavy atom. The quantitative estimate of drug-likeness (QED) is 0.753. The smallest absolute Gasteiger partial charge is 0.171 e. The molecule has 0 spiro atoms. The number of nitrogens with zero attached hydrogens (tertiary/aromatic N) is 4. The Hall–Kier alpha value is -3.00. The van der Waals surface area contributed by atoms with Crippen LogP contribution in [0.3, 0.4) is 0 Å². The molecule has 0 aliphatic carbocycles. The van der Waals surface area contributed by atoms with Crippen molar-refractivity contribution in [1.29, 1.82) is 5.26 Å². The first-order chi connectivity index (χ1) is 9.38. The van der Waals surface area contributed by atoms with E-state index in [1.54, 1.807) is 12.3 Å². The second-order valence-corrected chi connectivity index (χ2v) is 3.91. The maximum atomic E-state index is 9.04. The number of nitriles is 1. The molecule has 0 unspecified atom stereocenters. The lowest BCUT2D eigenvalue weighted by atomic mass is 10.2. The fourth-order valence-corrected chi connectivity index (χ4v) is 1.85. The minimum Gasteiger partial charge on any atom is -0.337 e. The van der Waals surface area contributed by atoms with Gasteiger partial charge in [0.2, 0.25) is 0 Å². The molecule has 5 nitrogen and oxygen atoms in total. The Morgan fingerprint density at radius 3 is 2.89 bits per heavy atom. The van der Waals surface area contributed by atoms with E-state index < -0.39 is 0 Å². The molecule has 3 rings (SSSR count). The third-order valence-electron chi connectivity index (χ3n) is 2.74. The molecule has 0 aliphatic rings. The third-order valence-corrected chi connectivity index (χ3v) is 2.74. The topological polar surface area (TPSA) is 74.5 Å². The Labute approximate surface area is 109 Å². The fourth-order valence-electron chi connectivity index (χ4n) is 1.85. The van der Waals surface area contributed by atoms with Crippen LogP contribution in [0.1, 0.15) is 5.56 Å². The minimum absolute atomic E-state index is 0.446. The molecule has 0 amide bonds. The van der Waals surface area contributed by atoms with Crippen LogP contribution in [0.4, 0.5) is 11.5 Å². The van der Waals surface area contributed by atoms with Crippen molar-refractivity contribution in [3.63, 3.8) is 0 Å². The molecule has 0 aliphatic heterocycles. The van der Waals surface area contributed by atoms with Crippen LogP contribution < -0.4 is 5.32 Å². The summed E-state index contributed by atoms with van der Waals surface area (Å²) < 4.78 is 0. The van der Waals surface area contributed by atoms with Gasteiger partial charge in [0.15, 0.2) is 5.82 Å². The maximum Gasteiger partial charge on any atom is 0.171 e. The van der Waals surface area contributed by atoms with Crippen molar-refractivity contribution in [1.82, 2.24) is 15.2 Å². The number of fused-ring (bicyclic) bond motifs is 1. The number of rotatable bonds is 2. The summed E-state index contributed by atoms with van der Waals surface area (Å²) in [5.41, 5.74) is 2.19. The van der Waals surface area contributed by atoms with Gasteiger partial charge in [-0.3, -0.25) is 4.98 Å². The van der Waals surface area contributed by atoms with Gasteiger partial charge in [-0.15, -0.1) is 5.10 Å². The number of anilines is 2. The first kappa shape index (κ1) is 11.1. The van der Waals surface area contributed by atoms with Gasteiger partial charge in [0, 0.05) is 17.3 Å². The van der Waals surface area contributed by atoms with Crippen LogP contribution in [0, 0.1) is 11.3 Å². The Balaban J connectivity index is 2.09. The van der Waals surface area contributed by atoms with Crippen LogP contribution in [0.2, 0.25) is 0 Å². The molecule has 2 heterocycles.